The second-order valence-electron chi connectivity index (χ2n) is 3.14. The van der Waals surface area contributed by atoms with Crippen LogP contribution in [0.5, 0.6) is 0 Å². The molecule has 0 nitrogen and oxygen atoms in total. The Balaban J connectivity index is 3.05. The summed E-state index contributed by atoms with van der Waals surface area (Å²) in [5, 5.41) is 2.81. The Morgan fingerprint density at radius 2 is 1.14 bits per heavy atom. The van der Waals surface area contributed by atoms with E-state index in [0.717, 1.165) is 0 Å². The van der Waals surface area contributed by atoms with E-state index in [9.17, 15) is 0 Å². The van der Waals surface area contributed by atoms with Gasteiger partial charge in [-0.25, -0.2) is 0 Å². The van der Waals surface area contributed by atoms with Crippen molar-refractivity contribution in [2.75, 3.05) is 0 Å². The fourth-order valence-corrected chi connectivity index (χ4v) is 4.41. The van der Waals surface area contributed by atoms with Gasteiger partial charge >= 0.3 is 0 Å². The highest BCUT2D eigenvalue weighted by Crippen LogP contribution is 2.31. The monoisotopic (exact) mass is 520 g/mol. The lowest BCUT2D eigenvalue weighted by atomic mass is 10.1. The van der Waals surface area contributed by atoms with E-state index in [1.165, 1.54) is 27.0 Å². The summed E-state index contributed by atoms with van der Waals surface area (Å²) in [6.07, 6.45) is 0. The Kier molecular flexibility index (Phi) is 3.58. The van der Waals surface area contributed by atoms with Crippen molar-refractivity contribution in [1.29, 1.82) is 0 Å². The molecule has 0 spiro atoms. The van der Waals surface area contributed by atoms with Crippen LogP contribution in [-0.4, -0.2) is 0 Å². The van der Waals surface area contributed by atoms with Gasteiger partial charge in [-0.05, 0) is 98.5 Å². The Bertz CT molecular complexity index is 414. The molecular formula is C11H7I3. The third kappa shape index (κ3) is 1.91. The molecule has 0 saturated heterocycles. The van der Waals surface area contributed by atoms with E-state index in [0.29, 0.717) is 0 Å². The van der Waals surface area contributed by atoms with Crippen LogP contribution in [0.1, 0.15) is 5.56 Å². The fourth-order valence-electron chi connectivity index (χ4n) is 1.54. The lowest BCUT2D eigenvalue weighted by molar-refractivity contribution is 1.50. The van der Waals surface area contributed by atoms with Gasteiger partial charge in [0.1, 0.15) is 0 Å². The zero-order chi connectivity index (χ0) is 10.3. The molecule has 0 aliphatic carbocycles. The number of rotatable bonds is 0. The largest absolute Gasteiger partial charge is 0.0576 e. The number of fused-ring (bicyclic) bond motifs is 1. The Morgan fingerprint density at radius 3 is 1.64 bits per heavy atom. The summed E-state index contributed by atoms with van der Waals surface area (Å²) in [5.74, 6) is 0. The molecule has 0 bridgehead atoms. The lowest BCUT2D eigenvalue weighted by Crippen LogP contribution is -1.88. The first kappa shape index (κ1) is 11.4. The number of aryl methyl sites for hydroxylation is 1. The molecule has 2 aromatic carbocycles. The molecule has 0 amide bonds. The van der Waals surface area contributed by atoms with Gasteiger partial charge in [0.25, 0.3) is 0 Å². The van der Waals surface area contributed by atoms with E-state index in [4.69, 9.17) is 0 Å². The molecule has 14 heavy (non-hydrogen) atoms. The van der Waals surface area contributed by atoms with Crippen LogP contribution in [0.4, 0.5) is 0 Å². The average Bonchev–Trinajstić information content (AvgIpc) is 2.16. The smallest absolute Gasteiger partial charge is 0.0220 e. The molecule has 0 saturated carbocycles. The lowest BCUT2D eigenvalue weighted by Gasteiger charge is -2.08. The second-order valence-corrected chi connectivity index (χ2v) is 6.63. The molecule has 0 N–H and O–H groups in total. The van der Waals surface area contributed by atoms with Crippen LogP contribution in [0.2, 0.25) is 0 Å². The summed E-state index contributed by atoms with van der Waals surface area (Å²) < 4.78 is 4.02. The van der Waals surface area contributed by atoms with Crippen molar-refractivity contribution < 1.29 is 0 Å². The van der Waals surface area contributed by atoms with Crippen LogP contribution in [-0.2, 0) is 0 Å². The third-order valence-corrected chi connectivity index (χ3v) is 4.91. The highest BCUT2D eigenvalue weighted by molar-refractivity contribution is 14.1. The maximum absolute atomic E-state index is 2.41. The molecular weight excluding hydrogens is 513 g/mol. The first-order chi connectivity index (χ1) is 6.61. The normalized spacial score (nSPS) is 10.9. The summed E-state index contributed by atoms with van der Waals surface area (Å²) in [6, 6.07) is 8.76. The fraction of sp³-hybridized carbons (Fsp3) is 0.0909. The second kappa shape index (κ2) is 4.40. The van der Waals surface area contributed by atoms with Gasteiger partial charge < -0.3 is 0 Å². The minimum Gasteiger partial charge on any atom is -0.0576 e. The number of hydrogen-bond acceptors (Lipinski definition) is 0. The maximum Gasteiger partial charge on any atom is 0.0220 e. The molecule has 0 atom stereocenters. The molecule has 0 heterocycles. The van der Waals surface area contributed by atoms with Crippen molar-refractivity contribution >= 4 is 78.5 Å². The van der Waals surface area contributed by atoms with Gasteiger partial charge in [0.05, 0.1) is 0 Å². The van der Waals surface area contributed by atoms with Gasteiger partial charge in [0.2, 0.25) is 0 Å². The minimum absolute atomic E-state index is 1.34. The van der Waals surface area contributed by atoms with Gasteiger partial charge in [0.15, 0.2) is 0 Å². The van der Waals surface area contributed by atoms with Gasteiger partial charge in [0, 0.05) is 21.5 Å². The summed E-state index contributed by atoms with van der Waals surface area (Å²) in [4.78, 5) is 0. The van der Waals surface area contributed by atoms with Crippen molar-refractivity contribution in [1.82, 2.24) is 0 Å². The summed E-state index contributed by atoms with van der Waals surface area (Å²) in [5.41, 5.74) is 1.36. The van der Waals surface area contributed by atoms with Crippen LogP contribution < -0.4 is 0 Å². The van der Waals surface area contributed by atoms with E-state index < -0.39 is 0 Å². The molecule has 3 heteroatoms. The van der Waals surface area contributed by atoms with Crippen molar-refractivity contribution in [2.45, 2.75) is 6.92 Å². The van der Waals surface area contributed by atoms with Crippen LogP contribution in [0.25, 0.3) is 10.8 Å². The van der Waals surface area contributed by atoms with Crippen molar-refractivity contribution in [3.8, 4) is 0 Å². The predicted molar refractivity (Wildman–Crippen MR) is 86.8 cm³/mol. The highest BCUT2D eigenvalue weighted by atomic mass is 127. The molecule has 0 aromatic heterocycles. The van der Waals surface area contributed by atoms with Gasteiger partial charge in [-0.3, -0.25) is 0 Å². The first-order valence-electron chi connectivity index (χ1n) is 4.14. The zero-order valence-corrected chi connectivity index (χ0v) is 13.9. The van der Waals surface area contributed by atoms with E-state index >= 15 is 0 Å². The van der Waals surface area contributed by atoms with Crippen molar-refractivity contribution in [3.05, 3.63) is 40.5 Å². The van der Waals surface area contributed by atoms with E-state index in [-0.39, 0.29) is 0 Å². The van der Waals surface area contributed by atoms with Gasteiger partial charge in [-0.15, -0.1) is 0 Å². The molecule has 0 radical (unpaired) electrons. The molecule has 0 fully saturated rings. The topological polar surface area (TPSA) is 0 Å². The summed E-state index contributed by atoms with van der Waals surface area (Å²) >= 11 is 7.23. The Hall–Kier alpha value is 0.890. The molecule has 2 rings (SSSR count). The maximum atomic E-state index is 2.41. The number of halogens is 3. The van der Waals surface area contributed by atoms with Crippen LogP contribution in [0.3, 0.4) is 0 Å². The highest BCUT2D eigenvalue weighted by Gasteiger charge is 2.07. The predicted octanol–water partition coefficient (Wildman–Crippen LogP) is 4.96. The quantitative estimate of drug-likeness (QED) is 0.432. The first-order valence-corrected chi connectivity index (χ1v) is 7.37. The molecule has 0 aliphatic heterocycles. The van der Waals surface area contributed by atoms with Crippen LogP contribution in [0.15, 0.2) is 24.3 Å². The summed E-state index contributed by atoms with van der Waals surface area (Å²) in [6.45, 7) is 2.18. The third-order valence-electron chi connectivity index (χ3n) is 2.22. The van der Waals surface area contributed by atoms with E-state index in [1.807, 2.05) is 0 Å². The Morgan fingerprint density at radius 1 is 0.714 bits per heavy atom. The van der Waals surface area contributed by atoms with E-state index in [1.54, 1.807) is 0 Å². The van der Waals surface area contributed by atoms with Crippen LogP contribution >= 0.6 is 67.8 Å². The molecule has 0 unspecified atom stereocenters. The Labute approximate surface area is 124 Å². The molecule has 2 aromatic rings. The van der Waals surface area contributed by atoms with Gasteiger partial charge in [-0.1, -0.05) is 6.07 Å². The average molecular weight is 520 g/mol. The minimum atomic E-state index is 1.34. The van der Waals surface area contributed by atoms with Crippen LogP contribution in [0, 0.1) is 17.6 Å². The summed E-state index contributed by atoms with van der Waals surface area (Å²) in [7, 11) is 0. The standard InChI is InChI=1S/C11H7I3/c1-6-2-3-8(13)11-9(14)5-4-7(12)10(6)11/h2-5H,1H3. The molecule has 72 valence electrons. The number of benzene rings is 2. The van der Waals surface area contributed by atoms with Crippen molar-refractivity contribution in [2.24, 2.45) is 0 Å². The zero-order valence-electron chi connectivity index (χ0n) is 7.44. The number of hydrogen-bond donors (Lipinski definition) is 0. The van der Waals surface area contributed by atoms with Crippen molar-refractivity contribution in [3.63, 3.8) is 0 Å². The van der Waals surface area contributed by atoms with E-state index in [2.05, 4.69) is 99.0 Å². The SMILES string of the molecule is Cc1ccc(I)c2c(I)ccc(I)c12. The van der Waals surface area contributed by atoms with Gasteiger partial charge in [-0.2, -0.15) is 0 Å². The molecule has 0 aliphatic rings.